The van der Waals surface area contributed by atoms with E-state index in [1.54, 1.807) is 6.20 Å². The Labute approximate surface area is 188 Å². The minimum Gasteiger partial charge on any atom is -0.346 e. The van der Waals surface area contributed by atoms with Crippen molar-refractivity contribution >= 4 is 17.5 Å². The Morgan fingerprint density at radius 2 is 1.72 bits per heavy atom. The second-order valence-corrected chi connectivity index (χ2v) is 8.22. The molecule has 0 fully saturated rings. The number of aryl methyl sites for hydroxylation is 2. The van der Waals surface area contributed by atoms with Crippen LogP contribution >= 0.6 is 0 Å². The number of carbonyl (C=O) groups excluding carboxylic acids is 2. The molecule has 0 aliphatic carbocycles. The number of anilines is 1. The van der Waals surface area contributed by atoms with Crippen molar-refractivity contribution in [2.75, 3.05) is 18.4 Å². The number of hydrogen-bond donors (Lipinski definition) is 2. The first-order valence-electron chi connectivity index (χ1n) is 10.9. The van der Waals surface area contributed by atoms with Gasteiger partial charge in [0.1, 0.15) is 0 Å². The number of pyridine rings is 1. The maximum atomic E-state index is 12.6. The fourth-order valence-corrected chi connectivity index (χ4v) is 4.27. The number of para-hydroxylation sites is 1. The molecule has 0 spiro atoms. The van der Waals surface area contributed by atoms with Crippen molar-refractivity contribution in [2.24, 2.45) is 0 Å². The average molecular weight is 429 g/mol. The highest BCUT2D eigenvalue weighted by molar-refractivity contribution is 6.39. The Hall–Kier alpha value is -3.51. The summed E-state index contributed by atoms with van der Waals surface area (Å²) in [6.07, 6.45) is 4.52. The van der Waals surface area contributed by atoms with E-state index in [2.05, 4.69) is 44.8 Å². The predicted octanol–water partition coefficient (Wildman–Crippen LogP) is 3.55. The molecular weight excluding hydrogens is 400 g/mol. The maximum absolute atomic E-state index is 12.6. The molecule has 0 bridgehead atoms. The molecule has 1 aliphatic rings. The summed E-state index contributed by atoms with van der Waals surface area (Å²) < 4.78 is 0. The largest absolute Gasteiger partial charge is 0.346 e. The third-order valence-electron chi connectivity index (χ3n) is 6.05. The Balaban J connectivity index is 1.46. The molecule has 1 aromatic heterocycles. The molecule has 2 heterocycles. The van der Waals surface area contributed by atoms with Crippen LogP contribution in [0.15, 0.2) is 67.0 Å². The Bertz CT molecular complexity index is 1090. The summed E-state index contributed by atoms with van der Waals surface area (Å²) in [4.78, 5) is 31.8. The van der Waals surface area contributed by atoms with Crippen LogP contribution in [-0.2, 0) is 22.6 Å². The van der Waals surface area contributed by atoms with Gasteiger partial charge in [0.25, 0.3) is 0 Å². The zero-order chi connectivity index (χ0) is 22.5. The van der Waals surface area contributed by atoms with E-state index in [4.69, 9.17) is 0 Å². The first kappa shape index (κ1) is 21.7. The van der Waals surface area contributed by atoms with Gasteiger partial charge in [0.2, 0.25) is 0 Å². The van der Waals surface area contributed by atoms with Crippen LogP contribution in [0.4, 0.5) is 5.69 Å². The lowest BCUT2D eigenvalue weighted by molar-refractivity contribution is -0.136. The second-order valence-electron chi connectivity index (χ2n) is 8.22. The summed E-state index contributed by atoms with van der Waals surface area (Å²) in [6.45, 7) is 5.81. The lowest BCUT2D eigenvalue weighted by Crippen LogP contribution is -2.43. The van der Waals surface area contributed by atoms with Crippen molar-refractivity contribution in [1.82, 2.24) is 15.2 Å². The SMILES string of the molecule is Cc1cccc(C)c1NC(=O)C(=O)NC[C@@H](c1cccnc1)N1CCc2ccccc2C1. The molecule has 32 heavy (non-hydrogen) atoms. The number of benzene rings is 2. The fourth-order valence-electron chi connectivity index (χ4n) is 4.27. The molecule has 2 amide bonds. The molecular formula is C26H28N4O2. The minimum atomic E-state index is -0.656. The smallest absolute Gasteiger partial charge is 0.313 e. The summed E-state index contributed by atoms with van der Waals surface area (Å²) in [7, 11) is 0. The molecule has 1 aliphatic heterocycles. The van der Waals surface area contributed by atoms with Crippen molar-refractivity contribution in [3.05, 3.63) is 94.8 Å². The molecule has 6 heteroatoms. The molecule has 2 aromatic carbocycles. The summed E-state index contributed by atoms with van der Waals surface area (Å²) in [5.74, 6) is -1.30. The summed E-state index contributed by atoms with van der Waals surface area (Å²) in [5.41, 5.74) is 6.21. The van der Waals surface area contributed by atoms with Gasteiger partial charge in [-0.1, -0.05) is 48.5 Å². The number of nitrogens with one attached hydrogen (secondary N) is 2. The van der Waals surface area contributed by atoms with E-state index in [-0.39, 0.29) is 6.04 Å². The zero-order valence-corrected chi connectivity index (χ0v) is 18.5. The van der Waals surface area contributed by atoms with Crippen LogP contribution in [0.3, 0.4) is 0 Å². The van der Waals surface area contributed by atoms with Gasteiger partial charge in [0, 0.05) is 37.7 Å². The van der Waals surface area contributed by atoms with E-state index >= 15 is 0 Å². The molecule has 0 unspecified atom stereocenters. The van der Waals surface area contributed by atoms with Crippen molar-refractivity contribution in [2.45, 2.75) is 32.9 Å². The molecule has 0 saturated carbocycles. The van der Waals surface area contributed by atoms with Crippen LogP contribution in [0.1, 0.15) is 33.9 Å². The molecule has 164 valence electrons. The molecule has 1 atom stereocenters. The number of carbonyl (C=O) groups is 2. The van der Waals surface area contributed by atoms with Gasteiger partial charge < -0.3 is 10.6 Å². The topological polar surface area (TPSA) is 74.3 Å². The van der Waals surface area contributed by atoms with Gasteiger partial charge in [0.15, 0.2) is 0 Å². The molecule has 0 saturated heterocycles. The number of aromatic nitrogens is 1. The van der Waals surface area contributed by atoms with Gasteiger partial charge in [-0.3, -0.25) is 19.5 Å². The lowest BCUT2D eigenvalue weighted by Gasteiger charge is -2.35. The van der Waals surface area contributed by atoms with Gasteiger partial charge in [-0.15, -0.1) is 0 Å². The van der Waals surface area contributed by atoms with Gasteiger partial charge in [0.05, 0.1) is 6.04 Å². The Kier molecular flexibility index (Phi) is 6.61. The Morgan fingerprint density at radius 1 is 0.969 bits per heavy atom. The number of hydrogen-bond acceptors (Lipinski definition) is 4. The van der Waals surface area contributed by atoms with Crippen molar-refractivity contribution < 1.29 is 9.59 Å². The minimum absolute atomic E-state index is 0.0750. The van der Waals surface area contributed by atoms with Crippen LogP contribution in [0.5, 0.6) is 0 Å². The normalized spacial score (nSPS) is 14.3. The molecule has 4 rings (SSSR count). The number of rotatable bonds is 5. The highest BCUT2D eigenvalue weighted by Gasteiger charge is 2.26. The van der Waals surface area contributed by atoms with Crippen LogP contribution in [0.25, 0.3) is 0 Å². The van der Waals surface area contributed by atoms with Gasteiger partial charge in [-0.25, -0.2) is 0 Å². The summed E-state index contributed by atoms with van der Waals surface area (Å²) >= 11 is 0. The summed E-state index contributed by atoms with van der Waals surface area (Å²) in [5, 5.41) is 5.60. The average Bonchev–Trinajstić information content (AvgIpc) is 2.82. The van der Waals surface area contributed by atoms with Gasteiger partial charge in [-0.2, -0.15) is 0 Å². The van der Waals surface area contributed by atoms with E-state index in [9.17, 15) is 9.59 Å². The first-order chi connectivity index (χ1) is 15.5. The maximum Gasteiger partial charge on any atom is 0.313 e. The van der Waals surface area contributed by atoms with Crippen LogP contribution in [0.2, 0.25) is 0 Å². The standard InChI is InChI=1S/C26H28N4O2/c1-18-7-5-8-19(2)24(18)29-26(32)25(31)28-16-23(21-11-6-13-27-15-21)30-14-12-20-9-3-4-10-22(20)17-30/h3-11,13,15,23H,12,14,16-17H2,1-2H3,(H,28,31)(H,29,32)/t23-/m0/s1. The van der Waals surface area contributed by atoms with Gasteiger partial charge >= 0.3 is 11.8 Å². The van der Waals surface area contributed by atoms with E-state index in [1.165, 1.54) is 11.1 Å². The third kappa shape index (κ3) is 4.86. The zero-order valence-electron chi connectivity index (χ0n) is 18.5. The molecule has 2 N–H and O–H groups in total. The highest BCUT2D eigenvalue weighted by atomic mass is 16.2. The number of fused-ring (bicyclic) bond motifs is 1. The molecule has 6 nitrogen and oxygen atoms in total. The van der Waals surface area contributed by atoms with Crippen molar-refractivity contribution in [3.63, 3.8) is 0 Å². The Morgan fingerprint density at radius 3 is 2.44 bits per heavy atom. The molecule has 0 radical (unpaired) electrons. The highest BCUT2D eigenvalue weighted by Crippen LogP contribution is 2.27. The fraction of sp³-hybridized carbons (Fsp3) is 0.269. The number of nitrogens with zero attached hydrogens (tertiary/aromatic N) is 2. The van der Waals surface area contributed by atoms with E-state index in [0.717, 1.165) is 36.2 Å². The third-order valence-corrected chi connectivity index (χ3v) is 6.05. The van der Waals surface area contributed by atoms with E-state index in [0.29, 0.717) is 12.2 Å². The van der Waals surface area contributed by atoms with Crippen LogP contribution < -0.4 is 10.6 Å². The number of amides is 2. The first-order valence-corrected chi connectivity index (χ1v) is 10.9. The van der Waals surface area contributed by atoms with E-state index < -0.39 is 11.8 Å². The molecule has 3 aromatic rings. The van der Waals surface area contributed by atoms with Gasteiger partial charge in [-0.05, 0) is 54.2 Å². The monoisotopic (exact) mass is 428 g/mol. The second kappa shape index (κ2) is 9.75. The van der Waals surface area contributed by atoms with Crippen LogP contribution in [-0.4, -0.2) is 34.8 Å². The van der Waals surface area contributed by atoms with Crippen molar-refractivity contribution in [1.29, 1.82) is 0 Å². The quantitative estimate of drug-likeness (QED) is 0.610. The predicted molar refractivity (Wildman–Crippen MR) is 125 cm³/mol. The van der Waals surface area contributed by atoms with Crippen molar-refractivity contribution in [3.8, 4) is 0 Å². The lowest BCUT2D eigenvalue weighted by atomic mass is 9.97. The van der Waals surface area contributed by atoms with E-state index in [1.807, 2.05) is 50.4 Å². The van der Waals surface area contributed by atoms with Crippen LogP contribution in [0, 0.1) is 13.8 Å². The summed E-state index contributed by atoms with van der Waals surface area (Å²) in [6, 6.07) is 18.0.